The van der Waals surface area contributed by atoms with Crippen molar-refractivity contribution in [1.82, 2.24) is 9.13 Å². The second-order valence-electron chi connectivity index (χ2n) is 8.64. The van der Waals surface area contributed by atoms with Crippen molar-refractivity contribution in [3.8, 4) is 5.69 Å². The first-order valence-corrected chi connectivity index (χ1v) is 13.5. The molecule has 0 spiro atoms. The van der Waals surface area contributed by atoms with Gasteiger partial charge in [-0.05, 0) is 62.1 Å². The number of fused-ring (bicyclic) bond motifs is 1. The number of nitro benzene ring substituents is 1. The van der Waals surface area contributed by atoms with Crippen molar-refractivity contribution in [3.63, 3.8) is 0 Å². The van der Waals surface area contributed by atoms with Gasteiger partial charge in [0.1, 0.15) is 11.1 Å². The second-order valence-corrected chi connectivity index (χ2v) is 11.0. The zero-order valence-electron chi connectivity index (χ0n) is 20.7. The van der Waals surface area contributed by atoms with Crippen LogP contribution in [0.1, 0.15) is 34.8 Å². The quantitative estimate of drug-likeness (QED) is 0.201. The maximum atomic E-state index is 13.7. The number of allylic oxidation sites excluding steroid dienone is 1. The smallest absolute Gasteiger partial charge is 0.338 e. The van der Waals surface area contributed by atoms with E-state index >= 15 is 0 Å². The third-order valence-electron chi connectivity index (χ3n) is 6.38. The predicted molar refractivity (Wildman–Crippen MR) is 147 cm³/mol. The summed E-state index contributed by atoms with van der Waals surface area (Å²) in [7, 11) is 1.31. The fourth-order valence-corrected chi connectivity index (χ4v) is 6.71. The van der Waals surface area contributed by atoms with E-state index in [0.717, 1.165) is 21.8 Å². The Morgan fingerprint density at radius 1 is 1.24 bits per heavy atom. The normalized spacial score (nSPS) is 15.4. The van der Waals surface area contributed by atoms with Crippen LogP contribution in [-0.2, 0) is 9.53 Å². The lowest BCUT2D eigenvalue weighted by Gasteiger charge is -2.22. The summed E-state index contributed by atoms with van der Waals surface area (Å²) in [4.78, 5) is 43.2. The van der Waals surface area contributed by atoms with Crippen molar-refractivity contribution in [2.45, 2.75) is 26.8 Å². The molecule has 4 aromatic rings. The largest absolute Gasteiger partial charge is 0.466 e. The van der Waals surface area contributed by atoms with Crippen molar-refractivity contribution in [2.75, 3.05) is 7.11 Å². The first kappa shape index (κ1) is 25.8. The highest BCUT2D eigenvalue weighted by Gasteiger charge is 2.33. The number of nitro groups is 1. The number of aryl methyl sites for hydroxylation is 1. The summed E-state index contributed by atoms with van der Waals surface area (Å²) in [6, 6.07) is 9.67. The average molecular weight is 569 g/mol. The number of esters is 1. The van der Waals surface area contributed by atoms with Crippen molar-refractivity contribution in [2.24, 2.45) is 4.99 Å². The first-order valence-electron chi connectivity index (χ1n) is 11.4. The van der Waals surface area contributed by atoms with Crippen LogP contribution in [0.15, 0.2) is 62.8 Å². The number of thiazole rings is 1. The molecule has 1 unspecified atom stereocenters. The Balaban J connectivity index is 1.67. The number of rotatable bonds is 5. The predicted octanol–water partition coefficient (Wildman–Crippen LogP) is 4.44. The van der Waals surface area contributed by atoms with Gasteiger partial charge in [0.2, 0.25) is 0 Å². The van der Waals surface area contributed by atoms with Crippen LogP contribution in [0.2, 0.25) is 5.02 Å². The number of halogens is 1. The zero-order valence-corrected chi connectivity index (χ0v) is 23.1. The van der Waals surface area contributed by atoms with Gasteiger partial charge in [-0.2, -0.15) is 0 Å². The Labute approximate surface area is 229 Å². The minimum absolute atomic E-state index is 0.0597. The van der Waals surface area contributed by atoms with E-state index in [-0.39, 0.29) is 16.3 Å². The molecule has 194 valence electrons. The van der Waals surface area contributed by atoms with Crippen LogP contribution in [0, 0.1) is 24.0 Å². The van der Waals surface area contributed by atoms with Gasteiger partial charge in [0.15, 0.2) is 4.80 Å². The molecule has 1 aliphatic heterocycles. The number of ether oxygens (including phenoxy) is 1. The zero-order chi connectivity index (χ0) is 27.3. The molecular formula is C26H21ClN4O5S2. The minimum Gasteiger partial charge on any atom is -0.466 e. The third kappa shape index (κ3) is 4.22. The highest BCUT2D eigenvalue weighted by Crippen LogP contribution is 2.33. The van der Waals surface area contributed by atoms with E-state index in [0.29, 0.717) is 26.3 Å². The van der Waals surface area contributed by atoms with Crippen LogP contribution in [0.4, 0.5) is 5.69 Å². The number of nitrogens with zero attached hydrogens (tertiary/aromatic N) is 4. The topological polar surface area (TPSA) is 109 Å². The van der Waals surface area contributed by atoms with E-state index < -0.39 is 16.9 Å². The van der Waals surface area contributed by atoms with Crippen LogP contribution in [0.25, 0.3) is 11.8 Å². The average Bonchev–Trinajstić information content (AvgIpc) is 3.58. The molecule has 1 aliphatic rings. The lowest BCUT2D eigenvalue weighted by Crippen LogP contribution is -2.39. The van der Waals surface area contributed by atoms with E-state index in [1.165, 1.54) is 41.9 Å². The van der Waals surface area contributed by atoms with E-state index in [4.69, 9.17) is 16.3 Å². The lowest BCUT2D eigenvalue weighted by atomic mass is 10.0. The molecule has 0 N–H and O–H groups in total. The Hall–Kier alpha value is -3.80. The molecule has 4 heterocycles. The van der Waals surface area contributed by atoms with Gasteiger partial charge in [0.05, 0.1) is 33.5 Å². The molecule has 38 heavy (non-hydrogen) atoms. The molecule has 1 atom stereocenters. The Morgan fingerprint density at radius 3 is 2.66 bits per heavy atom. The molecule has 0 aliphatic carbocycles. The van der Waals surface area contributed by atoms with Gasteiger partial charge in [-0.1, -0.05) is 29.0 Å². The van der Waals surface area contributed by atoms with Crippen LogP contribution in [0.5, 0.6) is 0 Å². The van der Waals surface area contributed by atoms with Crippen LogP contribution >= 0.6 is 34.3 Å². The number of hydrogen-bond donors (Lipinski definition) is 0. The van der Waals surface area contributed by atoms with Gasteiger partial charge >= 0.3 is 5.97 Å². The Morgan fingerprint density at radius 2 is 2.00 bits per heavy atom. The Bertz CT molecular complexity index is 1830. The van der Waals surface area contributed by atoms with Crippen molar-refractivity contribution >= 4 is 52.0 Å². The molecule has 5 rings (SSSR count). The fraction of sp³-hybridized carbons (Fsp3) is 0.192. The maximum Gasteiger partial charge on any atom is 0.338 e. The summed E-state index contributed by atoms with van der Waals surface area (Å²) < 4.78 is 8.90. The highest BCUT2D eigenvalue weighted by atomic mass is 35.5. The Kier molecular flexibility index (Phi) is 6.68. The molecule has 1 aromatic carbocycles. The summed E-state index contributed by atoms with van der Waals surface area (Å²) in [5, 5.41) is 13.4. The fourth-order valence-electron chi connectivity index (χ4n) is 4.66. The second kappa shape index (κ2) is 9.82. The van der Waals surface area contributed by atoms with Gasteiger partial charge in [-0.25, -0.2) is 9.79 Å². The van der Waals surface area contributed by atoms with Gasteiger partial charge in [0.25, 0.3) is 11.2 Å². The molecule has 0 bridgehead atoms. The molecule has 3 aromatic heterocycles. The number of carbonyl (C=O) groups excluding carboxylic acids is 1. The summed E-state index contributed by atoms with van der Waals surface area (Å²) in [5.74, 6) is -0.528. The molecule has 0 saturated carbocycles. The van der Waals surface area contributed by atoms with Gasteiger partial charge < -0.3 is 9.30 Å². The van der Waals surface area contributed by atoms with Crippen LogP contribution < -0.4 is 14.9 Å². The standard InChI is InChI=1S/C26H21ClN4O5S2/c1-13-10-16(15(3)29(13)17-7-8-18(27)19(12-17)31(34)35)11-21-24(32)30-23(20-6-5-9-37-20)22(25(33)36-4)14(2)28-26(30)38-21/h5-12,23H,1-4H3. The molecule has 9 nitrogen and oxygen atoms in total. The molecule has 0 saturated heterocycles. The third-order valence-corrected chi connectivity index (χ3v) is 8.61. The lowest BCUT2D eigenvalue weighted by molar-refractivity contribution is -0.384. The molecule has 12 heteroatoms. The number of benzene rings is 1. The van der Waals surface area contributed by atoms with Gasteiger partial charge in [-0.3, -0.25) is 19.5 Å². The van der Waals surface area contributed by atoms with E-state index in [1.807, 2.05) is 42.0 Å². The van der Waals surface area contributed by atoms with E-state index in [9.17, 15) is 19.7 Å². The number of hydrogen-bond acceptors (Lipinski definition) is 8. The van der Waals surface area contributed by atoms with Crippen LogP contribution in [-0.4, -0.2) is 27.1 Å². The number of methoxy groups -OCH3 is 1. The minimum atomic E-state index is -0.636. The SMILES string of the molecule is COC(=O)C1=C(C)N=c2sc(=Cc3cc(C)n(-c4ccc(Cl)c([N+](=O)[O-])c4)c3C)c(=O)n2C1c1cccs1. The van der Waals surface area contributed by atoms with Crippen molar-refractivity contribution in [1.29, 1.82) is 0 Å². The van der Waals surface area contributed by atoms with Gasteiger partial charge in [-0.15, -0.1) is 11.3 Å². The van der Waals surface area contributed by atoms with Crippen LogP contribution in [0.3, 0.4) is 0 Å². The molecule has 0 radical (unpaired) electrons. The number of aromatic nitrogens is 2. The molecule has 0 amide bonds. The molecular weight excluding hydrogens is 548 g/mol. The first-order chi connectivity index (χ1) is 18.1. The summed E-state index contributed by atoms with van der Waals surface area (Å²) >= 11 is 8.69. The van der Waals surface area contributed by atoms with E-state index in [1.54, 1.807) is 23.6 Å². The summed E-state index contributed by atoms with van der Waals surface area (Å²) in [5.41, 5.74) is 3.38. The monoisotopic (exact) mass is 568 g/mol. The number of carbonyl (C=O) groups is 1. The van der Waals surface area contributed by atoms with Crippen molar-refractivity contribution < 1.29 is 14.5 Å². The van der Waals surface area contributed by atoms with Gasteiger partial charge in [0, 0.05) is 22.3 Å². The van der Waals surface area contributed by atoms with Crippen molar-refractivity contribution in [3.05, 3.63) is 110 Å². The molecule has 0 fully saturated rings. The summed E-state index contributed by atoms with van der Waals surface area (Å²) in [6.45, 7) is 5.50. The van der Waals surface area contributed by atoms with E-state index in [2.05, 4.69) is 4.99 Å². The maximum absolute atomic E-state index is 13.7. The highest BCUT2D eigenvalue weighted by molar-refractivity contribution is 7.10. The number of thiophene rings is 1. The summed E-state index contributed by atoms with van der Waals surface area (Å²) in [6.07, 6.45) is 1.79.